The topological polar surface area (TPSA) is 87.5 Å². The molecule has 2 bridgehead atoms. The van der Waals surface area contributed by atoms with Gasteiger partial charge in [0.1, 0.15) is 5.00 Å². The lowest BCUT2D eigenvalue weighted by Crippen LogP contribution is -2.36. The van der Waals surface area contributed by atoms with Crippen molar-refractivity contribution < 1.29 is 9.59 Å². The highest BCUT2D eigenvalue weighted by molar-refractivity contribution is 7.17. The van der Waals surface area contributed by atoms with Crippen molar-refractivity contribution in [1.29, 1.82) is 0 Å². The molecule has 142 valence electrons. The number of urea groups is 1. The maximum atomic E-state index is 12.4. The third-order valence-corrected chi connectivity index (χ3v) is 6.99. The maximum absolute atomic E-state index is 12.4. The second kappa shape index (κ2) is 6.82. The van der Waals surface area contributed by atoms with Crippen molar-refractivity contribution in [1.82, 2.24) is 4.90 Å². The van der Waals surface area contributed by atoms with Gasteiger partial charge in [0.25, 0.3) is 5.91 Å². The van der Waals surface area contributed by atoms with E-state index in [1.54, 1.807) is 24.3 Å². The summed E-state index contributed by atoms with van der Waals surface area (Å²) in [5, 5.41) is 6.68. The number of hydrogen-bond donors (Lipinski definition) is 3. The molecule has 2 aromatic rings. The number of carbonyl (C=O) groups excluding carboxylic acids is 2. The van der Waals surface area contributed by atoms with Gasteiger partial charge in [-0.1, -0.05) is 18.5 Å². The second-order valence-corrected chi connectivity index (χ2v) is 8.80. The van der Waals surface area contributed by atoms with E-state index in [4.69, 9.17) is 17.3 Å². The van der Waals surface area contributed by atoms with Crippen LogP contribution in [0.3, 0.4) is 0 Å². The summed E-state index contributed by atoms with van der Waals surface area (Å²) in [7, 11) is 2.10. The monoisotopic (exact) mass is 404 g/mol. The van der Waals surface area contributed by atoms with E-state index in [0.29, 0.717) is 33.2 Å². The number of nitrogens with zero attached hydrogens (tertiary/aromatic N) is 1. The highest BCUT2D eigenvalue weighted by atomic mass is 35.5. The van der Waals surface area contributed by atoms with Crippen molar-refractivity contribution in [2.24, 2.45) is 11.7 Å². The number of hydrogen-bond acceptors (Lipinski definition) is 4. The standard InChI is InChI=1S/C19H21ClN4O2S/c1-9-7-13-15-14(8-12(9)24(13)2)27-18(16(15)17(21)25)23-19(26)22-11-5-3-10(20)4-6-11/h3-6,9,12-13H,7-8H2,1-2H3,(H2,21,25)(H2,22,23,26)/t9-,12+,13?/m1/s1. The summed E-state index contributed by atoms with van der Waals surface area (Å²) in [6.07, 6.45) is 1.89. The van der Waals surface area contributed by atoms with E-state index in [0.717, 1.165) is 23.3 Å². The van der Waals surface area contributed by atoms with Gasteiger partial charge in [0.15, 0.2) is 0 Å². The van der Waals surface area contributed by atoms with Crippen LogP contribution in [0.4, 0.5) is 15.5 Å². The van der Waals surface area contributed by atoms with Crippen LogP contribution in [-0.2, 0) is 6.42 Å². The molecule has 0 aliphatic carbocycles. The zero-order chi connectivity index (χ0) is 19.3. The van der Waals surface area contributed by atoms with E-state index in [9.17, 15) is 9.59 Å². The number of halogens is 1. The van der Waals surface area contributed by atoms with E-state index >= 15 is 0 Å². The Morgan fingerprint density at radius 2 is 1.96 bits per heavy atom. The third kappa shape index (κ3) is 3.20. The lowest BCUT2D eigenvalue weighted by Gasteiger charge is -2.32. The van der Waals surface area contributed by atoms with Crippen LogP contribution in [-0.4, -0.2) is 29.9 Å². The van der Waals surface area contributed by atoms with E-state index in [1.807, 2.05) is 0 Å². The fourth-order valence-electron chi connectivity index (χ4n) is 4.29. The molecule has 6 nitrogen and oxygen atoms in total. The Balaban J connectivity index is 1.61. The minimum atomic E-state index is -0.499. The largest absolute Gasteiger partial charge is 0.365 e. The van der Waals surface area contributed by atoms with Gasteiger partial charge in [0.05, 0.1) is 5.56 Å². The fourth-order valence-corrected chi connectivity index (χ4v) is 5.72. The van der Waals surface area contributed by atoms with E-state index in [-0.39, 0.29) is 6.04 Å². The zero-order valence-electron chi connectivity index (χ0n) is 15.1. The molecule has 1 fully saturated rings. The number of rotatable bonds is 3. The molecule has 27 heavy (non-hydrogen) atoms. The molecule has 1 unspecified atom stereocenters. The normalized spacial score (nSPS) is 23.7. The van der Waals surface area contributed by atoms with Gasteiger partial charge in [-0.3, -0.25) is 15.0 Å². The molecule has 2 aliphatic heterocycles. The summed E-state index contributed by atoms with van der Waals surface area (Å²) >= 11 is 7.33. The van der Waals surface area contributed by atoms with Crippen molar-refractivity contribution >= 4 is 45.6 Å². The van der Waals surface area contributed by atoms with Gasteiger partial charge in [-0.05, 0) is 55.6 Å². The summed E-state index contributed by atoms with van der Waals surface area (Å²) in [6, 6.07) is 7.06. The summed E-state index contributed by atoms with van der Waals surface area (Å²) in [5.41, 5.74) is 7.77. The molecular weight excluding hydrogens is 384 g/mol. The van der Waals surface area contributed by atoms with Crippen molar-refractivity contribution in [3.63, 3.8) is 0 Å². The van der Waals surface area contributed by atoms with E-state index in [2.05, 4.69) is 29.5 Å². The Labute approximate surface area is 166 Å². The van der Waals surface area contributed by atoms with Crippen LogP contribution in [0, 0.1) is 5.92 Å². The van der Waals surface area contributed by atoms with E-state index < -0.39 is 11.9 Å². The molecule has 4 N–H and O–H groups in total. The van der Waals surface area contributed by atoms with Crippen LogP contribution in [0.5, 0.6) is 0 Å². The maximum Gasteiger partial charge on any atom is 0.324 e. The Bertz CT molecular complexity index is 911. The Hall–Kier alpha value is -2.09. The summed E-state index contributed by atoms with van der Waals surface area (Å²) in [4.78, 5) is 28.1. The molecule has 8 heteroatoms. The third-order valence-electron chi connectivity index (χ3n) is 5.59. The smallest absolute Gasteiger partial charge is 0.324 e. The number of nitrogens with two attached hydrogens (primary N) is 1. The number of primary amides is 1. The molecule has 4 rings (SSSR count). The molecule has 3 heterocycles. The van der Waals surface area contributed by atoms with Gasteiger partial charge < -0.3 is 11.1 Å². The molecule has 3 amide bonds. The van der Waals surface area contributed by atoms with Gasteiger partial charge in [-0.25, -0.2) is 4.79 Å². The van der Waals surface area contributed by atoms with Gasteiger partial charge in [0.2, 0.25) is 0 Å². The highest BCUT2D eigenvalue weighted by Gasteiger charge is 2.45. The van der Waals surface area contributed by atoms with Gasteiger partial charge in [0, 0.05) is 27.7 Å². The first-order chi connectivity index (χ1) is 12.8. The number of benzene rings is 1. The Morgan fingerprint density at radius 1 is 1.26 bits per heavy atom. The predicted molar refractivity (Wildman–Crippen MR) is 109 cm³/mol. The molecule has 3 atom stereocenters. The SMILES string of the molecule is C[C@@H]1CC2c3c(sc(NC(=O)Nc4ccc(Cl)cc4)c3C(N)=O)C[C@@H]1N2C. The van der Waals surface area contributed by atoms with Crippen molar-refractivity contribution in [3.8, 4) is 0 Å². The van der Waals surface area contributed by atoms with Crippen LogP contribution in [0.15, 0.2) is 24.3 Å². The van der Waals surface area contributed by atoms with Crippen molar-refractivity contribution in [2.75, 3.05) is 17.7 Å². The Morgan fingerprint density at radius 3 is 2.63 bits per heavy atom. The first-order valence-corrected chi connectivity index (χ1v) is 10.1. The lowest BCUT2D eigenvalue weighted by molar-refractivity contribution is 0.0997. The molecular formula is C19H21ClN4O2S. The molecule has 2 aliphatic rings. The van der Waals surface area contributed by atoms with Crippen LogP contribution in [0.25, 0.3) is 0 Å². The quantitative estimate of drug-likeness (QED) is 0.720. The van der Waals surface area contributed by atoms with Crippen LogP contribution in [0.2, 0.25) is 5.02 Å². The van der Waals surface area contributed by atoms with Crippen molar-refractivity contribution in [2.45, 2.75) is 31.8 Å². The second-order valence-electron chi connectivity index (χ2n) is 7.26. The highest BCUT2D eigenvalue weighted by Crippen LogP contribution is 2.51. The van der Waals surface area contributed by atoms with E-state index in [1.165, 1.54) is 11.3 Å². The zero-order valence-corrected chi connectivity index (χ0v) is 16.7. The van der Waals surface area contributed by atoms with Crippen molar-refractivity contribution in [3.05, 3.63) is 45.3 Å². The molecule has 0 spiro atoms. The summed E-state index contributed by atoms with van der Waals surface area (Å²) < 4.78 is 0. The average Bonchev–Trinajstić information content (AvgIpc) is 3.04. The predicted octanol–water partition coefficient (Wildman–Crippen LogP) is 4.08. The number of nitrogens with one attached hydrogen (secondary N) is 2. The number of carbonyl (C=O) groups is 2. The minimum absolute atomic E-state index is 0.183. The fraction of sp³-hybridized carbons (Fsp3) is 0.368. The summed E-state index contributed by atoms with van der Waals surface area (Å²) in [6.45, 7) is 2.25. The van der Waals surface area contributed by atoms with Crippen LogP contribution in [0.1, 0.15) is 40.2 Å². The number of thiophene rings is 1. The first-order valence-electron chi connectivity index (χ1n) is 8.86. The number of amides is 3. The Kier molecular flexibility index (Phi) is 4.61. The molecule has 1 aromatic carbocycles. The number of fused-ring (bicyclic) bond motifs is 4. The van der Waals surface area contributed by atoms with Gasteiger partial charge >= 0.3 is 6.03 Å². The molecule has 0 saturated carbocycles. The average molecular weight is 405 g/mol. The number of anilines is 2. The molecule has 1 aromatic heterocycles. The minimum Gasteiger partial charge on any atom is -0.365 e. The number of likely N-dealkylation sites (N-methyl/N-ethyl adjacent to an activating group) is 1. The molecule has 0 radical (unpaired) electrons. The first kappa shape index (κ1) is 18.3. The molecule has 1 saturated heterocycles. The van der Waals surface area contributed by atoms with Crippen LogP contribution < -0.4 is 16.4 Å². The van der Waals surface area contributed by atoms with Gasteiger partial charge in [-0.15, -0.1) is 11.3 Å². The van der Waals surface area contributed by atoms with Crippen LogP contribution >= 0.6 is 22.9 Å². The summed E-state index contributed by atoms with van der Waals surface area (Å²) in [5.74, 6) is 0.0747. The lowest BCUT2D eigenvalue weighted by atomic mass is 9.97. The van der Waals surface area contributed by atoms with Gasteiger partial charge in [-0.2, -0.15) is 0 Å².